The summed E-state index contributed by atoms with van der Waals surface area (Å²) in [7, 11) is 0. The van der Waals surface area contributed by atoms with Crippen LogP contribution in [0.25, 0.3) is 22.0 Å². The summed E-state index contributed by atoms with van der Waals surface area (Å²) in [6.45, 7) is 7.76. The largest absolute Gasteiger partial charge is 0.272 e. The highest BCUT2D eigenvalue weighted by atomic mass is 35.5. The summed E-state index contributed by atoms with van der Waals surface area (Å²) in [5.74, 6) is -0.0341. The quantitative estimate of drug-likeness (QED) is 0.275. The van der Waals surface area contributed by atoms with Crippen molar-refractivity contribution in [2.24, 2.45) is 10.5 Å². The van der Waals surface area contributed by atoms with E-state index in [2.05, 4.69) is 12.1 Å². The van der Waals surface area contributed by atoms with Gasteiger partial charge in [-0.1, -0.05) is 86.4 Å². The summed E-state index contributed by atoms with van der Waals surface area (Å²) in [5.41, 5.74) is 5.99. The molecule has 0 radical (unpaired) electrons. The molecule has 3 aromatic carbocycles. The number of aromatic nitrogens is 1. The molecule has 2 heterocycles. The molecule has 0 fully saturated rings. The molecule has 1 aromatic heterocycles. The van der Waals surface area contributed by atoms with E-state index in [9.17, 15) is 4.79 Å². The van der Waals surface area contributed by atoms with Crippen LogP contribution in [0, 0.1) is 12.3 Å². The minimum atomic E-state index is -0.587. The molecule has 6 heteroatoms. The van der Waals surface area contributed by atoms with Crippen LogP contribution in [0.4, 0.5) is 0 Å². The summed E-state index contributed by atoms with van der Waals surface area (Å²) in [4.78, 5) is 18.5. The summed E-state index contributed by atoms with van der Waals surface area (Å²) < 4.78 is 0. The number of aryl methyl sites for hydroxylation is 1. The highest BCUT2D eigenvalue weighted by Crippen LogP contribution is 2.41. The highest BCUT2D eigenvalue weighted by molar-refractivity contribution is 6.31. The Hall–Kier alpha value is -3.21. The van der Waals surface area contributed by atoms with Gasteiger partial charge in [0.05, 0.1) is 17.3 Å². The predicted molar refractivity (Wildman–Crippen MR) is 149 cm³/mol. The van der Waals surface area contributed by atoms with Gasteiger partial charge in [0.1, 0.15) is 0 Å². The molecule has 0 spiro atoms. The Labute approximate surface area is 221 Å². The van der Waals surface area contributed by atoms with Crippen molar-refractivity contribution in [2.75, 3.05) is 0 Å². The maximum atomic E-state index is 13.6. The molecule has 0 aliphatic carbocycles. The van der Waals surface area contributed by atoms with E-state index in [1.165, 1.54) is 0 Å². The van der Waals surface area contributed by atoms with Gasteiger partial charge >= 0.3 is 0 Å². The molecule has 1 amide bonds. The third-order valence-electron chi connectivity index (χ3n) is 6.49. The number of nitrogens with zero attached hydrogens (tertiary/aromatic N) is 3. The first kappa shape index (κ1) is 24.5. The number of fused-ring (bicyclic) bond motifs is 1. The summed E-state index contributed by atoms with van der Waals surface area (Å²) in [5, 5.41) is 8.89. The molecule has 4 nitrogen and oxygen atoms in total. The van der Waals surface area contributed by atoms with E-state index < -0.39 is 5.41 Å². The number of amides is 1. The zero-order chi connectivity index (χ0) is 25.6. The van der Waals surface area contributed by atoms with Gasteiger partial charge in [-0.2, -0.15) is 5.10 Å². The lowest BCUT2D eigenvalue weighted by atomic mass is 9.89. The zero-order valence-corrected chi connectivity index (χ0v) is 22.2. The minimum absolute atomic E-state index is 0.0341. The van der Waals surface area contributed by atoms with Crippen LogP contribution in [0.1, 0.15) is 50.1 Å². The van der Waals surface area contributed by atoms with Gasteiger partial charge in [-0.05, 0) is 48.4 Å². The number of halogens is 2. The Balaban J connectivity index is 1.74. The molecule has 0 unspecified atom stereocenters. The van der Waals surface area contributed by atoms with Gasteiger partial charge in [-0.3, -0.25) is 9.78 Å². The van der Waals surface area contributed by atoms with Gasteiger partial charge in [0.2, 0.25) is 5.91 Å². The van der Waals surface area contributed by atoms with Gasteiger partial charge < -0.3 is 0 Å². The molecule has 36 heavy (non-hydrogen) atoms. The third kappa shape index (κ3) is 4.52. The SMILES string of the molecule is Cc1nc2ccc(Cl)cc2c(-c2ccccc2)c1C1=NN(C(=O)C(C)(C)C)[C@H](c2ccc(Cl)cc2)C1. The zero-order valence-electron chi connectivity index (χ0n) is 20.7. The molecule has 5 rings (SSSR count). The maximum Gasteiger partial charge on any atom is 0.248 e. The Morgan fingerprint density at radius 2 is 1.58 bits per heavy atom. The van der Waals surface area contributed by atoms with Gasteiger partial charge in [0, 0.05) is 44.1 Å². The fourth-order valence-corrected chi connectivity index (χ4v) is 5.05. The molecule has 1 atom stereocenters. The number of benzene rings is 3. The lowest BCUT2D eigenvalue weighted by molar-refractivity contribution is -0.141. The van der Waals surface area contributed by atoms with E-state index in [1.807, 2.05) is 88.4 Å². The molecule has 182 valence electrons. The van der Waals surface area contributed by atoms with Crippen molar-refractivity contribution in [1.82, 2.24) is 9.99 Å². The summed E-state index contributed by atoms with van der Waals surface area (Å²) in [6.07, 6.45) is 0.567. The van der Waals surface area contributed by atoms with Crippen molar-refractivity contribution in [1.29, 1.82) is 0 Å². The summed E-state index contributed by atoms with van der Waals surface area (Å²) >= 11 is 12.6. The first-order chi connectivity index (χ1) is 17.1. The van der Waals surface area contributed by atoms with Gasteiger partial charge in [0.15, 0.2) is 0 Å². The van der Waals surface area contributed by atoms with Gasteiger partial charge in [-0.15, -0.1) is 0 Å². The van der Waals surface area contributed by atoms with E-state index in [-0.39, 0.29) is 11.9 Å². The Morgan fingerprint density at radius 3 is 2.25 bits per heavy atom. The predicted octanol–water partition coefficient (Wildman–Crippen LogP) is 8.24. The number of rotatable bonds is 3. The average Bonchev–Trinajstić information content (AvgIpc) is 3.28. The number of hydrogen-bond acceptors (Lipinski definition) is 3. The van der Waals surface area contributed by atoms with Crippen LogP contribution in [-0.4, -0.2) is 21.6 Å². The van der Waals surface area contributed by atoms with Crippen molar-refractivity contribution in [2.45, 2.75) is 40.2 Å². The second-order valence-corrected chi connectivity index (χ2v) is 11.1. The first-order valence-corrected chi connectivity index (χ1v) is 12.7. The van der Waals surface area contributed by atoms with Crippen LogP contribution in [0.5, 0.6) is 0 Å². The van der Waals surface area contributed by atoms with E-state index in [0.717, 1.165) is 44.6 Å². The lowest BCUT2D eigenvalue weighted by Gasteiger charge is -2.28. The fraction of sp³-hybridized carbons (Fsp3) is 0.233. The molecule has 1 aliphatic heterocycles. The summed E-state index contributed by atoms with van der Waals surface area (Å²) in [6, 6.07) is 23.4. The second-order valence-electron chi connectivity index (χ2n) is 10.2. The number of pyridine rings is 1. The monoisotopic (exact) mass is 515 g/mol. The van der Waals surface area contributed by atoms with Crippen molar-refractivity contribution in [3.63, 3.8) is 0 Å². The Bertz CT molecular complexity index is 1490. The van der Waals surface area contributed by atoms with Gasteiger partial charge in [0.25, 0.3) is 0 Å². The standard InChI is InChI=1S/C30H27Cl2N3O/c1-18-27(28(20-8-6-5-7-9-20)23-16-22(32)14-15-24(23)33-18)25-17-26(19-10-12-21(31)13-11-19)35(34-25)29(36)30(2,3)4/h5-16,26H,17H2,1-4H3/t26-/m0/s1. The normalized spacial score (nSPS) is 15.9. The van der Waals surface area contributed by atoms with E-state index >= 15 is 0 Å². The molecule has 0 N–H and O–H groups in total. The molecular formula is C30H27Cl2N3O. The van der Waals surface area contributed by atoms with Crippen LogP contribution in [0.2, 0.25) is 10.0 Å². The van der Waals surface area contributed by atoms with E-state index in [4.69, 9.17) is 33.3 Å². The molecule has 0 saturated heterocycles. The maximum absolute atomic E-state index is 13.6. The van der Waals surface area contributed by atoms with Crippen molar-refractivity contribution >= 4 is 45.7 Å². The molecule has 0 saturated carbocycles. The smallest absolute Gasteiger partial charge is 0.248 e. The van der Waals surface area contributed by atoms with E-state index in [0.29, 0.717) is 16.5 Å². The molecule has 1 aliphatic rings. The Kier molecular flexibility index (Phi) is 6.36. The average molecular weight is 516 g/mol. The van der Waals surface area contributed by atoms with Crippen molar-refractivity contribution < 1.29 is 4.79 Å². The molecular weight excluding hydrogens is 489 g/mol. The van der Waals surface area contributed by atoms with Crippen LogP contribution in [0.3, 0.4) is 0 Å². The Morgan fingerprint density at radius 1 is 0.917 bits per heavy atom. The third-order valence-corrected chi connectivity index (χ3v) is 6.98. The fourth-order valence-electron chi connectivity index (χ4n) is 4.75. The topological polar surface area (TPSA) is 45.6 Å². The van der Waals surface area contributed by atoms with Gasteiger partial charge in [-0.25, -0.2) is 5.01 Å². The molecule has 0 bridgehead atoms. The number of hydrazone groups is 1. The van der Waals surface area contributed by atoms with Crippen molar-refractivity contribution in [3.8, 4) is 11.1 Å². The number of carbonyl (C=O) groups excluding carboxylic acids is 1. The first-order valence-electron chi connectivity index (χ1n) is 12.0. The van der Waals surface area contributed by atoms with E-state index in [1.54, 1.807) is 5.01 Å². The minimum Gasteiger partial charge on any atom is -0.272 e. The van der Waals surface area contributed by atoms with Crippen LogP contribution >= 0.6 is 23.2 Å². The molecule has 4 aromatic rings. The second kappa shape index (κ2) is 9.34. The highest BCUT2D eigenvalue weighted by Gasteiger charge is 2.39. The number of carbonyl (C=O) groups is 1. The van der Waals surface area contributed by atoms with Crippen LogP contribution in [-0.2, 0) is 4.79 Å². The van der Waals surface area contributed by atoms with Crippen LogP contribution < -0.4 is 0 Å². The van der Waals surface area contributed by atoms with Crippen molar-refractivity contribution in [3.05, 3.63) is 99.7 Å². The number of hydrogen-bond donors (Lipinski definition) is 0. The van der Waals surface area contributed by atoms with Crippen LogP contribution in [0.15, 0.2) is 77.9 Å². The lowest BCUT2D eigenvalue weighted by Crippen LogP contribution is -2.36.